The van der Waals surface area contributed by atoms with E-state index in [2.05, 4.69) is 18.7 Å². The Labute approximate surface area is 172 Å². The van der Waals surface area contributed by atoms with Crippen molar-refractivity contribution in [3.63, 3.8) is 0 Å². The number of nitrogens with zero attached hydrogens (tertiary/aromatic N) is 2. The van der Waals surface area contributed by atoms with E-state index in [1.807, 2.05) is 42.2 Å². The first-order valence-corrected chi connectivity index (χ1v) is 10.3. The molecule has 2 aromatic rings. The largest absolute Gasteiger partial charge is 0.484 e. The molecule has 1 amide bonds. The van der Waals surface area contributed by atoms with Crippen molar-refractivity contribution in [1.29, 1.82) is 0 Å². The zero-order valence-electron chi connectivity index (χ0n) is 17.5. The highest BCUT2D eigenvalue weighted by molar-refractivity contribution is 5.79. The molecular formula is C24H29FN2O2. The summed E-state index contributed by atoms with van der Waals surface area (Å²) in [5.41, 5.74) is 1.52. The molecule has 5 heteroatoms. The van der Waals surface area contributed by atoms with E-state index in [0.717, 1.165) is 49.4 Å². The van der Waals surface area contributed by atoms with Gasteiger partial charge in [-0.15, -0.1) is 0 Å². The van der Waals surface area contributed by atoms with Crippen molar-refractivity contribution in [2.75, 3.05) is 24.6 Å². The number of hydrogen-bond donors (Lipinski definition) is 0. The number of benzene rings is 2. The second-order valence-corrected chi connectivity index (χ2v) is 8.98. The van der Waals surface area contributed by atoms with Crippen LogP contribution in [0, 0.1) is 12.7 Å². The third-order valence-electron chi connectivity index (χ3n) is 6.41. The van der Waals surface area contributed by atoms with Gasteiger partial charge in [-0.25, -0.2) is 4.39 Å². The van der Waals surface area contributed by atoms with Crippen molar-refractivity contribution >= 4 is 11.6 Å². The van der Waals surface area contributed by atoms with Crippen molar-refractivity contribution in [3.8, 4) is 5.75 Å². The van der Waals surface area contributed by atoms with Gasteiger partial charge in [-0.05, 0) is 69.9 Å². The summed E-state index contributed by atoms with van der Waals surface area (Å²) in [6.07, 6.45) is 2.83. The monoisotopic (exact) mass is 396 g/mol. The van der Waals surface area contributed by atoms with Gasteiger partial charge < -0.3 is 14.5 Å². The summed E-state index contributed by atoms with van der Waals surface area (Å²) in [6.45, 7) is 7.86. The number of hydrogen-bond acceptors (Lipinski definition) is 3. The van der Waals surface area contributed by atoms with Crippen LogP contribution in [0.15, 0.2) is 48.5 Å². The van der Waals surface area contributed by atoms with Gasteiger partial charge in [0.1, 0.15) is 11.6 Å². The first kappa shape index (κ1) is 19.7. The molecule has 0 radical (unpaired) electrons. The maximum atomic E-state index is 13.8. The molecule has 0 aromatic heterocycles. The van der Waals surface area contributed by atoms with Gasteiger partial charge in [-0.3, -0.25) is 4.79 Å². The van der Waals surface area contributed by atoms with Gasteiger partial charge in [0, 0.05) is 24.3 Å². The standard InChI is InChI=1S/C24H29FN2O2/c1-18-8-4-5-11-21(18)29-15-22(28)26-13-7-12-24(26)16-23(2,3)27(17-24)20-10-6-9-19(25)14-20/h4-6,8-11,14H,7,12-13,15-17H2,1-3H3. The van der Waals surface area contributed by atoms with Crippen LogP contribution in [0.5, 0.6) is 5.75 Å². The Bertz CT molecular complexity index is 913. The molecular weight excluding hydrogens is 367 g/mol. The molecule has 2 heterocycles. The minimum atomic E-state index is -0.231. The summed E-state index contributed by atoms with van der Waals surface area (Å²) in [5.74, 6) is 0.551. The molecule has 2 fully saturated rings. The fraction of sp³-hybridized carbons (Fsp3) is 0.458. The third kappa shape index (κ3) is 3.70. The summed E-state index contributed by atoms with van der Waals surface area (Å²) >= 11 is 0. The van der Waals surface area contributed by atoms with E-state index in [9.17, 15) is 9.18 Å². The smallest absolute Gasteiger partial charge is 0.261 e. The quantitative estimate of drug-likeness (QED) is 0.759. The first-order valence-electron chi connectivity index (χ1n) is 10.3. The van der Waals surface area contributed by atoms with Crippen LogP contribution in [-0.2, 0) is 4.79 Å². The summed E-state index contributed by atoms with van der Waals surface area (Å²) in [7, 11) is 0. The van der Waals surface area contributed by atoms with E-state index in [4.69, 9.17) is 4.74 Å². The number of ether oxygens (including phenoxy) is 1. The van der Waals surface area contributed by atoms with Gasteiger partial charge in [0.15, 0.2) is 6.61 Å². The van der Waals surface area contributed by atoms with Crippen LogP contribution in [-0.4, -0.2) is 41.6 Å². The lowest BCUT2D eigenvalue weighted by molar-refractivity contribution is -0.137. The molecule has 0 aliphatic carbocycles. The average Bonchev–Trinajstić information content (AvgIpc) is 3.20. The van der Waals surface area contributed by atoms with Gasteiger partial charge >= 0.3 is 0 Å². The first-order chi connectivity index (χ1) is 13.8. The normalized spacial score (nSPS) is 23.0. The minimum Gasteiger partial charge on any atom is -0.484 e. The Morgan fingerprint density at radius 3 is 2.72 bits per heavy atom. The SMILES string of the molecule is Cc1ccccc1OCC(=O)N1CCCC12CN(c1cccc(F)c1)C(C)(C)C2. The van der Waals surface area contributed by atoms with Crippen LogP contribution < -0.4 is 9.64 Å². The van der Waals surface area contributed by atoms with Gasteiger partial charge in [-0.2, -0.15) is 0 Å². The number of likely N-dealkylation sites (tertiary alicyclic amines) is 1. The summed E-state index contributed by atoms with van der Waals surface area (Å²) in [4.78, 5) is 17.4. The molecule has 0 saturated carbocycles. The van der Waals surface area contributed by atoms with E-state index in [1.165, 1.54) is 6.07 Å². The Morgan fingerprint density at radius 1 is 1.17 bits per heavy atom. The molecule has 2 aliphatic heterocycles. The van der Waals surface area contributed by atoms with Gasteiger partial charge in [-0.1, -0.05) is 24.3 Å². The fourth-order valence-corrected chi connectivity index (χ4v) is 5.16. The fourth-order valence-electron chi connectivity index (χ4n) is 5.16. The molecule has 2 aliphatic rings. The number of amides is 1. The molecule has 2 aromatic carbocycles. The van der Waals surface area contributed by atoms with Crippen molar-refractivity contribution in [2.24, 2.45) is 0 Å². The molecule has 1 spiro atoms. The van der Waals surface area contributed by atoms with E-state index < -0.39 is 0 Å². The molecule has 4 nitrogen and oxygen atoms in total. The predicted octanol–water partition coefficient (Wildman–Crippen LogP) is 4.56. The number of para-hydroxylation sites is 1. The van der Waals surface area contributed by atoms with Crippen LogP contribution >= 0.6 is 0 Å². The second kappa shape index (κ2) is 7.36. The molecule has 4 rings (SSSR count). The number of anilines is 1. The van der Waals surface area contributed by atoms with Crippen LogP contribution in [0.3, 0.4) is 0 Å². The van der Waals surface area contributed by atoms with Crippen molar-refractivity contribution in [3.05, 3.63) is 59.9 Å². The molecule has 1 unspecified atom stereocenters. The van der Waals surface area contributed by atoms with Gasteiger partial charge in [0.05, 0.1) is 5.54 Å². The number of aryl methyl sites for hydroxylation is 1. The van der Waals surface area contributed by atoms with Gasteiger partial charge in [0.25, 0.3) is 5.91 Å². The van der Waals surface area contributed by atoms with Crippen LogP contribution in [0.4, 0.5) is 10.1 Å². The van der Waals surface area contributed by atoms with E-state index in [0.29, 0.717) is 0 Å². The van der Waals surface area contributed by atoms with E-state index >= 15 is 0 Å². The lowest BCUT2D eigenvalue weighted by Gasteiger charge is -2.35. The molecule has 29 heavy (non-hydrogen) atoms. The average molecular weight is 397 g/mol. The summed E-state index contributed by atoms with van der Waals surface area (Å²) in [6, 6.07) is 14.5. The second-order valence-electron chi connectivity index (χ2n) is 8.98. The maximum absolute atomic E-state index is 13.8. The Kier molecular flexibility index (Phi) is 5.01. The topological polar surface area (TPSA) is 32.8 Å². The lowest BCUT2D eigenvalue weighted by Crippen LogP contribution is -2.50. The highest BCUT2D eigenvalue weighted by Gasteiger charge is 2.54. The number of carbonyl (C=O) groups excluding carboxylic acids is 1. The molecule has 1 atom stereocenters. The lowest BCUT2D eigenvalue weighted by atomic mass is 9.87. The Balaban J connectivity index is 1.52. The number of carbonyl (C=O) groups is 1. The van der Waals surface area contributed by atoms with Crippen molar-refractivity contribution < 1.29 is 13.9 Å². The number of rotatable bonds is 4. The Hall–Kier alpha value is -2.56. The van der Waals surface area contributed by atoms with E-state index in [1.54, 1.807) is 12.1 Å². The Morgan fingerprint density at radius 2 is 1.97 bits per heavy atom. The molecule has 0 bridgehead atoms. The molecule has 2 saturated heterocycles. The maximum Gasteiger partial charge on any atom is 0.261 e. The van der Waals surface area contributed by atoms with Crippen molar-refractivity contribution in [2.45, 2.75) is 51.1 Å². The van der Waals surface area contributed by atoms with E-state index in [-0.39, 0.29) is 29.4 Å². The predicted molar refractivity (Wildman–Crippen MR) is 113 cm³/mol. The molecule has 0 N–H and O–H groups in total. The molecule has 154 valence electrons. The third-order valence-corrected chi connectivity index (χ3v) is 6.41. The zero-order chi connectivity index (χ0) is 20.6. The zero-order valence-corrected chi connectivity index (χ0v) is 17.5. The highest BCUT2D eigenvalue weighted by atomic mass is 19.1. The minimum absolute atomic E-state index is 0.0302. The summed E-state index contributed by atoms with van der Waals surface area (Å²) < 4.78 is 19.7. The number of halogens is 1. The van der Waals surface area contributed by atoms with Crippen LogP contribution in [0.2, 0.25) is 0 Å². The van der Waals surface area contributed by atoms with Crippen molar-refractivity contribution in [1.82, 2.24) is 4.90 Å². The van der Waals surface area contributed by atoms with Gasteiger partial charge in [0.2, 0.25) is 0 Å². The highest BCUT2D eigenvalue weighted by Crippen LogP contribution is 2.47. The van der Waals surface area contributed by atoms with Crippen LogP contribution in [0.1, 0.15) is 38.7 Å². The van der Waals surface area contributed by atoms with Crippen LogP contribution in [0.25, 0.3) is 0 Å². The summed E-state index contributed by atoms with van der Waals surface area (Å²) in [5, 5.41) is 0.